The maximum atomic E-state index is 12.6. The Labute approximate surface area is 162 Å². The van der Waals surface area contributed by atoms with Crippen molar-refractivity contribution in [3.63, 3.8) is 0 Å². The lowest BCUT2D eigenvalue weighted by Gasteiger charge is -2.21. The van der Waals surface area contributed by atoms with Gasteiger partial charge in [0.15, 0.2) is 0 Å². The first-order chi connectivity index (χ1) is 12.8. The van der Waals surface area contributed by atoms with Crippen LogP contribution in [-0.2, 0) is 27.2 Å². The molecular formula is C20H21ClN2O4. The van der Waals surface area contributed by atoms with E-state index in [0.717, 1.165) is 5.56 Å². The smallest absolute Gasteiger partial charge is 0.326 e. The maximum absolute atomic E-state index is 12.6. The Bertz CT molecular complexity index is 811. The molecule has 142 valence electrons. The minimum Gasteiger partial charge on any atom is -0.480 e. The Balaban J connectivity index is 2.11. The molecule has 2 aromatic rings. The molecule has 0 aromatic heterocycles. The summed E-state index contributed by atoms with van der Waals surface area (Å²) in [5.74, 6) is -2.08. The summed E-state index contributed by atoms with van der Waals surface area (Å²) in [6.07, 6.45) is 0.343. The van der Waals surface area contributed by atoms with Gasteiger partial charge in [0, 0.05) is 24.8 Å². The molecule has 2 aromatic carbocycles. The van der Waals surface area contributed by atoms with Gasteiger partial charge in [0.2, 0.25) is 11.8 Å². The van der Waals surface area contributed by atoms with Crippen LogP contribution in [0.2, 0.25) is 5.02 Å². The third-order valence-electron chi connectivity index (χ3n) is 3.92. The number of benzene rings is 2. The third-order valence-corrected chi connectivity index (χ3v) is 4.16. The van der Waals surface area contributed by atoms with Gasteiger partial charge in [0.1, 0.15) is 12.1 Å². The van der Waals surface area contributed by atoms with Crippen molar-refractivity contribution >= 4 is 29.4 Å². The quantitative estimate of drug-likeness (QED) is 0.646. The van der Waals surface area contributed by atoms with E-state index in [0.29, 0.717) is 10.6 Å². The number of hydrogen-bond donors (Lipinski definition) is 3. The van der Waals surface area contributed by atoms with E-state index in [1.54, 1.807) is 24.3 Å². The van der Waals surface area contributed by atoms with Crippen LogP contribution in [0.3, 0.4) is 0 Å². The van der Waals surface area contributed by atoms with Crippen molar-refractivity contribution in [3.05, 3.63) is 70.7 Å². The van der Waals surface area contributed by atoms with Crippen molar-refractivity contribution < 1.29 is 19.5 Å². The summed E-state index contributed by atoms with van der Waals surface area (Å²) >= 11 is 5.93. The minimum atomic E-state index is -1.16. The van der Waals surface area contributed by atoms with Gasteiger partial charge in [-0.25, -0.2) is 4.79 Å². The van der Waals surface area contributed by atoms with Gasteiger partial charge >= 0.3 is 5.97 Å². The number of halogens is 1. The molecule has 0 aliphatic carbocycles. The van der Waals surface area contributed by atoms with Gasteiger partial charge in [0.25, 0.3) is 0 Å². The Morgan fingerprint density at radius 1 is 0.926 bits per heavy atom. The largest absolute Gasteiger partial charge is 0.480 e. The van der Waals surface area contributed by atoms with Crippen LogP contribution in [0, 0.1) is 0 Å². The molecule has 3 N–H and O–H groups in total. The van der Waals surface area contributed by atoms with Crippen LogP contribution in [0.4, 0.5) is 0 Å². The van der Waals surface area contributed by atoms with Gasteiger partial charge in [-0.2, -0.15) is 0 Å². The fraction of sp³-hybridized carbons (Fsp3) is 0.250. The van der Waals surface area contributed by atoms with Crippen molar-refractivity contribution in [2.45, 2.75) is 31.8 Å². The predicted molar refractivity (Wildman–Crippen MR) is 102 cm³/mol. The van der Waals surface area contributed by atoms with E-state index in [4.69, 9.17) is 11.6 Å². The van der Waals surface area contributed by atoms with Crippen LogP contribution in [-0.4, -0.2) is 35.0 Å². The molecule has 0 heterocycles. The molecule has 0 aliphatic rings. The molecule has 2 amide bonds. The maximum Gasteiger partial charge on any atom is 0.326 e. The number of amides is 2. The van der Waals surface area contributed by atoms with Gasteiger partial charge in [-0.3, -0.25) is 9.59 Å². The highest BCUT2D eigenvalue weighted by atomic mass is 35.5. The highest BCUT2D eigenvalue weighted by Gasteiger charge is 2.26. The van der Waals surface area contributed by atoms with Gasteiger partial charge in [0.05, 0.1) is 0 Å². The normalized spacial score (nSPS) is 12.7. The molecule has 0 saturated carbocycles. The molecule has 0 saturated heterocycles. The fourth-order valence-electron chi connectivity index (χ4n) is 2.68. The monoisotopic (exact) mass is 388 g/mol. The lowest BCUT2D eigenvalue weighted by molar-refractivity contribution is -0.142. The molecule has 2 rings (SSSR count). The number of hydrogen-bond acceptors (Lipinski definition) is 3. The second-order valence-corrected chi connectivity index (χ2v) is 6.61. The average Bonchev–Trinajstić information content (AvgIpc) is 2.61. The fourth-order valence-corrected chi connectivity index (χ4v) is 2.89. The lowest BCUT2D eigenvalue weighted by atomic mass is 10.0. The summed E-state index contributed by atoms with van der Waals surface area (Å²) in [6, 6.07) is 14.0. The van der Waals surface area contributed by atoms with Crippen molar-refractivity contribution in [1.29, 1.82) is 0 Å². The number of aliphatic carboxylic acids is 1. The molecule has 6 nitrogen and oxygen atoms in total. The zero-order valence-corrected chi connectivity index (χ0v) is 15.6. The number of rotatable bonds is 8. The molecular weight excluding hydrogens is 368 g/mol. The first-order valence-electron chi connectivity index (χ1n) is 8.44. The van der Waals surface area contributed by atoms with E-state index in [1.807, 2.05) is 30.3 Å². The Morgan fingerprint density at radius 2 is 1.56 bits per heavy atom. The molecule has 0 bridgehead atoms. The minimum absolute atomic E-state index is 0.0831. The zero-order chi connectivity index (χ0) is 19.8. The van der Waals surface area contributed by atoms with Crippen molar-refractivity contribution in [2.24, 2.45) is 0 Å². The molecule has 0 spiro atoms. The van der Waals surface area contributed by atoms with Gasteiger partial charge in [-0.1, -0.05) is 54.1 Å². The molecule has 0 radical (unpaired) electrons. The highest BCUT2D eigenvalue weighted by molar-refractivity contribution is 6.30. The summed E-state index contributed by atoms with van der Waals surface area (Å²) in [7, 11) is 0. The molecule has 2 atom stereocenters. The van der Waals surface area contributed by atoms with Crippen molar-refractivity contribution in [3.8, 4) is 0 Å². The first kappa shape index (κ1) is 20.5. The molecule has 7 heteroatoms. The van der Waals surface area contributed by atoms with E-state index < -0.39 is 24.0 Å². The second-order valence-electron chi connectivity index (χ2n) is 6.18. The SMILES string of the molecule is CC(=O)N[C@@H](Cc1ccccc1)C(=O)N[C@@H](Cc1cccc(Cl)c1)C(=O)O. The third kappa shape index (κ3) is 6.75. The molecule has 0 unspecified atom stereocenters. The van der Waals surface area contributed by atoms with E-state index >= 15 is 0 Å². The Morgan fingerprint density at radius 3 is 2.15 bits per heavy atom. The van der Waals surface area contributed by atoms with Crippen molar-refractivity contribution in [1.82, 2.24) is 10.6 Å². The molecule has 27 heavy (non-hydrogen) atoms. The van der Waals surface area contributed by atoms with Crippen LogP contribution in [0.25, 0.3) is 0 Å². The number of carbonyl (C=O) groups excluding carboxylic acids is 2. The highest BCUT2D eigenvalue weighted by Crippen LogP contribution is 2.13. The first-order valence-corrected chi connectivity index (χ1v) is 8.81. The molecule has 0 fully saturated rings. The lowest BCUT2D eigenvalue weighted by Crippen LogP contribution is -2.52. The topological polar surface area (TPSA) is 95.5 Å². The van der Waals surface area contributed by atoms with E-state index in [2.05, 4.69) is 10.6 Å². The van der Waals surface area contributed by atoms with Crippen LogP contribution < -0.4 is 10.6 Å². The predicted octanol–water partition coefficient (Wildman–Crippen LogP) is 2.20. The van der Waals surface area contributed by atoms with Crippen LogP contribution in [0.1, 0.15) is 18.1 Å². The standard InChI is InChI=1S/C20H21ClN2O4/c1-13(24)22-17(11-14-6-3-2-4-7-14)19(25)23-18(20(26)27)12-15-8-5-9-16(21)10-15/h2-10,17-18H,11-12H2,1H3,(H,22,24)(H,23,25)(H,26,27)/t17-,18-/m0/s1. The Hall–Kier alpha value is -2.86. The van der Waals surface area contributed by atoms with Gasteiger partial charge in [-0.05, 0) is 23.3 Å². The van der Waals surface area contributed by atoms with Crippen LogP contribution in [0.5, 0.6) is 0 Å². The summed E-state index contributed by atoms with van der Waals surface area (Å²) in [4.78, 5) is 35.7. The average molecular weight is 389 g/mol. The molecule has 0 aliphatic heterocycles. The number of carbonyl (C=O) groups is 3. The van der Waals surface area contributed by atoms with E-state index in [1.165, 1.54) is 6.92 Å². The number of carboxylic acid groups (broad SMARTS) is 1. The van der Waals surface area contributed by atoms with E-state index in [9.17, 15) is 19.5 Å². The van der Waals surface area contributed by atoms with Crippen LogP contribution >= 0.6 is 11.6 Å². The summed E-state index contributed by atoms with van der Waals surface area (Å²) in [5, 5.41) is 15.1. The Kier molecular flexibility index (Phi) is 7.37. The van der Waals surface area contributed by atoms with Crippen molar-refractivity contribution in [2.75, 3.05) is 0 Å². The summed E-state index contributed by atoms with van der Waals surface area (Å²) in [6.45, 7) is 1.31. The van der Waals surface area contributed by atoms with Gasteiger partial charge in [-0.15, -0.1) is 0 Å². The van der Waals surface area contributed by atoms with Crippen LogP contribution in [0.15, 0.2) is 54.6 Å². The number of nitrogens with one attached hydrogen (secondary N) is 2. The summed E-state index contributed by atoms with van der Waals surface area (Å²) in [5.41, 5.74) is 1.54. The number of carboxylic acids is 1. The van der Waals surface area contributed by atoms with Gasteiger partial charge < -0.3 is 15.7 Å². The summed E-state index contributed by atoms with van der Waals surface area (Å²) < 4.78 is 0. The second kappa shape index (κ2) is 9.73. The zero-order valence-electron chi connectivity index (χ0n) is 14.8. The van der Waals surface area contributed by atoms with E-state index in [-0.39, 0.29) is 18.7 Å².